The summed E-state index contributed by atoms with van der Waals surface area (Å²) in [5.41, 5.74) is 0. The first-order valence-electron chi connectivity index (χ1n) is 4.24. The third-order valence-corrected chi connectivity index (χ3v) is 5.83. The molecule has 0 aromatic carbocycles. The number of rotatable bonds is 4. The van der Waals surface area contributed by atoms with E-state index < -0.39 is 6.65 Å². The fraction of sp³-hybridized carbons (Fsp3) is 1.00. The SMILES string of the molecule is CCN(CC)P(=O)(Cl)[C@@H]1O[C@@H]1C. The van der Waals surface area contributed by atoms with Crippen molar-refractivity contribution in [1.29, 1.82) is 0 Å². The molecule has 1 heterocycles. The predicted octanol–water partition coefficient (Wildman–Crippen LogP) is 2.50. The van der Waals surface area contributed by atoms with Crippen LogP contribution in [0.4, 0.5) is 0 Å². The number of hydrogen-bond donors (Lipinski definition) is 0. The average molecular weight is 212 g/mol. The maximum absolute atomic E-state index is 11.9. The van der Waals surface area contributed by atoms with Crippen LogP contribution in [0.15, 0.2) is 0 Å². The Labute approximate surface area is 78.2 Å². The third kappa shape index (κ3) is 1.85. The van der Waals surface area contributed by atoms with Crippen LogP contribution in [0.3, 0.4) is 0 Å². The molecule has 1 saturated heterocycles. The Morgan fingerprint density at radius 3 is 2.17 bits per heavy atom. The van der Waals surface area contributed by atoms with Crippen molar-refractivity contribution in [3.05, 3.63) is 0 Å². The molecule has 1 rings (SSSR count). The van der Waals surface area contributed by atoms with Crippen molar-refractivity contribution in [2.24, 2.45) is 0 Å². The van der Waals surface area contributed by atoms with E-state index in [1.54, 1.807) is 4.67 Å². The van der Waals surface area contributed by atoms with E-state index in [-0.39, 0.29) is 11.9 Å². The van der Waals surface area contributed by atoms with Crippen LogP contribution in [0, 0.1) is 0 Å². The average Bonchev–Trinajstić information content (AvgIpc) is 2.69. The van der Waals surface area contributed by atoms with Crippen molar-refractivity contribution < 1.29 is 9.30 Å². The van der Waals surface area contributed by atoms with Crippen molar-refractivity contribution in [2.45, 2.75) is 32.7 Å². The van der Waals surface area contributed by atoms with Gasteiger partial charge in [-0.2, -0.15) is 0 Å². The molecule has 1 unspecified atom stereocenters. The lowest BCUT2D eigenvalue weighted by Crippen LogP contribution is -2.19. The van der Waals surface area contributed by atoms with Gasteiger partial charge in [0.1, 0.15) is 0 Å². The van der Waals surface area contributed by atoms with E-state index in [0.29, 0.717) is 13.1 Å². The maximum atomic E-state index is 11.9. The molecule has 1 aliphatic heterocycles. The molecular weight excluding hydrogens is 197 g/mol. The molecule has 0 aliphatic carbocycles. The van der Waals surface area contributed by atoms with E-state index in [0.717, 1.165) is 0 Å². The molecule has 1 fully saturated rings. The summed E-state index contributed by atoms with van der Waals surface area (Å²) >= 11 is 5.95. The fourth-order valence-electron chi connectivity index (χ4n) is 1.28. The van der Waals surface area contributed by atoms with Crippen molar-refractivity contribution >= 4 is 17.9 Å². The van der Waals surface area contributed by atoms with Gasteiger partial charge in [0.25, 0.3) is 6.65 Å². The Hall–Kier alpha value is 0.440. The Bertz CT molecular complexity index is 208. The van der Waals surface area contributed by atoms with E-state index in [9.17, 15) is 4.57 Å². The molecule has 3 atom stereocenters. The van der Waals surface area contributed by atoms with Gasteiger partial charge in [0, 0.05) is 13.1 Å². The van der Waals surface area contributed by atoms with Crippen molar-refractivity contribution in [3.63, 3.8) is 0 Å². The standard InChI is InChI=1S/C7H15ClNO2P/c1-4-9(5-2)12(8,10)7-6(3)11-7/h6-7H,4-5H2,1-3H3/t6-,7+,12?/m1/s1. The molecule has 0 saturated carbocycles. The van der Waals surface area contributed by atoms with Gasteiger partial charge in [0.15, 0.2) is 5.85 Å². The Kier molecular flexibility index (Phi) is 3.21. The summed E-state index contributed by atoms with van der Waals surface area (Å²) in [6, 6.07) is 0. The second-order valence-corrected chi connectivity index (χ2v) is 6.53. The lowest BCUT2D eigenvalue weighted by Gasteiger charge is -2.22. The van der Waals surface area contributed by atoms with Gasteiger partial charge >= 0.3 is 0 Å². The van der Waals surface area contributed by atoms with Crippen LogP contribution in [0.1, 0.15) is 20.8 Å². The molecular formula is C7H15ClNO2P. The minimum atomic E-state index is -2.74. The van der Waals surface area contributed by atoms with Crippen LogP contribution in [0.25, 0.3) is 0 Å². The summed E-state index contributed by atoms with van der Waals surface area (Å²) < 4.78 is 18.8. The highest BCUT2D eigenvalue weighted by Crippen LogP contribution is 2.65. The summed E-state index contributed by atoms with van der Waals surface area (Å²) in [7, 11) is 0. The highest BCUT2D eigenvalue weighted by Gasteiger charge is 2.51. The first-order valence-corrected chi connectivity index (χ1v) is 6.87. The number of nitrogens with zero attached hydrogens (tertiary/aromatic N) is 1. The fourth-order valence-corrected chi connectivity index (χ4v) is 4.49. The quantitative estimate of drug-likeness (QED) is 0.529. The summed E-state index contributed by atoms with van der Waals surface area (Å²) in [4.78, 5) is 0. The lowest BCUT2D eigenvalue weighted by molar-refractivity contribution is 0.389. The van der Waals surface area contributed by atoms with Gasteiger partial charge in [0.05, 0.1) is 6.10 Å². The summed E-state index contributed by atoms with van der Waals surface area (Å²) in [6.07, 6.45) is 0.0638. The van der Waals surface area contributed by atoms with Gasteiger partial charge in [-0.3, -0.25) is 4.57 Å². The summed E-state index contributed by atoms with van der Waals surface area (Å²) in [5.74, 6) is -0.237. The second kappa shape index (κ2) is 3.67. The Morgan fingerprint density at radius 1 is 1.50 bits per heavy atom. The molecule has 0 aromatic heterocycles. The summed E-state index contributed by atoms with van der Waals surface area (Å²) in [5, 5.41) is 0. The molecule has 72 valence electrons. The third-order valence-electron chi connectivity index (χ3n) is 2.11. The second-order valence-electron chi connectivity index (χ2n) is 2.92. The van der Waals surface area contributed by atoms with Gasteiger partial charge in [-0.25, -0.2) is 4.67 Å². The molecule has 12 heavy (non-hydrogen) atoms. The molecule has 1 aliphatic rings. The molecule has 0 N–H and O–H groups in total. The normalized spacial score (nSPS) is 33.4. The minimum absolute atomic E-state index is 0.0638. The number of ether oxygens (including phenoxy) is 1. The van der Waals surface area contributed by atoms with Crippen molar-refractivity contribution in [3.8, 4) is 0 Å². The Morgan fingerprint density at radius 2 is 1.92 bits per heavy atom. The number of halogens is 1. The molecule has 3 nitrogen and oxygen atoms in total. The van der Waals surface area contributed by atoms with Gasteiger partial charge in [-0.15, -0.1) is 0 Å². The van der Waals surface area contributed by atoms with Crippen LogP contribution < -0.4 is 0 Å². The number of hydrogen-bond acceptors (Lipinski definition) is 2. The lowest BCUT2D eigenvalue weighted by atomic mass is 10.6. The molecule has 0 aromatic rings. The molecule has 0 bridgehead atoms. The summed E-state index contributed by atoms with van der Waals surface area (Å²) in [6.45, 7) is 4.48. The zero-order valence-electron chi connectivity index (χ0n) is 7.66. The molecule has 0 amide bonds. The van der Waals surface area contributed by atoms with Gasteiger partial charge < -0.3 is 4.74 Å². The van der Waals surface area contributed by atoms with Crippen LogP contribution in [-0.2, 0) is 9.30 Å². The zero-order valence-corrected chi connectivity index (χ0v) is 9.31. The minimum Gasteiger partial charge on any atom is -0.359 e. The molecule has 5 heteroatoms. The van der Waals surface area contributed by atoms with Crippen molar-refractivity contribution in [1.82, 2.24) is 4.67 Å². The van der Waals surface area contributed by atoms with Gasteiger partial charge in [0.2, 0.25) is 0 Å². The van der Waals surface area contributed by atoms with Gasteiger partial charge in [-0.05, 0) is 18.2 Å². The van der Waals surface area contributed by atoms with Gasteiger partial charge in [-0.1, -0.05) is 13.8 Å². The van der Waals surface area contributed by atoms with E-state index in [1.165, 1.54) is 0 Å². The largest absolute Gasteiger partial charge is 0.359 e. The highest BCUT2D eigenvalue weighted by molar-refractivity contribution is 7.87. The van der Waals surface area contributed by atoms with E-state index in [2.05, 4.69) is 0 Å². The first-order chi connectivity index (χ1) is 5.54. The van der Waals surface area contributed by atoms with Crippen molar-refractivity contribution in [2.75, 3.05) is 13.1 Å². The van der Waals surface area contributed by atoms with Crippen LogP contribution in [0.2, 0.25) is 0 Å². The molecule has 0 radical (unpaired) electrons. The topological polar surface area (TPSA) is 32.8 Å². The van der Waals surface area contributed by atoms with E-state index in [1.807, 2.05) is 20.8 Å². The van der Waals surface area contributed by atoms with E-state index in [4.69, 9.17) is 16.0 Å². The first kappa shape index (κ1) is 10.5. The Balaban J connectivity index is 2.63. The smallest absolute Gasteiger partial charge is 0.265 e. The number of epoxide rings is 1. The monoisotopic (exact) mass is 211 g/mol. The zero-order chi connectivity index (χ0) is 9.35. The van der Waals surface area contributed by atoms with Crippen LogP contribution >= 0.6 is 17.9 Å². The predicted molar refractivity (Wildman–Crippen MR) is 50.7 cm³/mol. The highest BCUT2D eigenvalue weighted by atomic mass is 35.7. The van der Waals surface area contributed by atoms with E-state index >= 15 is 0 Å². The molecule has 0 spiro atoms. The van der Waals surface area contributed by atoms with Crippen LogP contribution in [-0.4, -0.2) is 29.7 Å². The maximum Gasteiger partial charge on any atom is 0.265 e. The van der Waals surface area contributed by atoms with Crippen LogP contribution in [0.5, 0.6) is 0 Å².